The van der Waals surface area contributed by atoms with Gasteiger partial charge in [-0.2, -0.15) is 0 Å². The van der Waals surface area contributed by atoms with Crippen molar-refractivity contribution in [1.29, 1.82) is 0 Å². The largest absolute Gasteiger partial charge is 0.360 e. The van der Waals surface area contributed by atoms with Crippen LogP contribution in [-0.2, 0) is 0 Å². The molecule has 0 aromatic carbocycles. The van der Waals surface area contributed by atoms with Crippen molar-refractivity contribution in [3.63, 3.8) is 0 Å². The van der Waals surface area contributed by atoms with E-state index in [9.17, 15) is 4.79 Å². The number of amides is 1. The second-order valence-corrected chi connectivity index (χ2v) is 3.75. The van der Waals surface area contributed by atoms with E-state index in [4.69, 9.17) is 4.52 Å². The summed E-state index contributed by atoms with van der Waals surface area (Å²) in [6.45, 7) is 1.35. The number of likely N-dealkylation sites (N-methyl/N-ethyl adjacent to an activating group) is 1. The third kappa shape index (κ3) is 2.56. The van der Waals surface area contributed by atoms with Crippen molar-refractivity contribution in [2.45, 2.75) is 18.8 Å². The van der Waals surface area contributed by atoms with Gasteiger partial charge in [-0.05, 0) is 19.9 Å². The highest BCUT2D eigenvalue weighted by atomic mass is 16.5. The lowest BCUT2D eigenvalue weighted by Gasteiger charge is -2.00. The highest BCUT2D eigenvalue weighted by Crippen LogP contribution is 2.40. The summed E-state index contributed by atoms with van der Waals surface area (Å²) in [5.74, 6) is 1.17. The summed E-state index contributed by atoms with van der Waals surface area (Å²) in [6, 6.07) is 1.74. The van der Waals surface area contributed by atoms with Gasteiger partial charge in [0.05, 0.1) is 0 Å². The number of carbonyl (C=O) groups excluding carboxylic acids is 1. The maximum absolute atomic E-state index is 11.5. The quantitative estimate of drug-likeness (QED) is 0.693. The molecule has 0 atom stereocenters. The van der Waals surface area contributed by atoms with Crippen LogP contribution in [0.15, 0.2) is 10.6 Å². The first-order valence-corrected chi connectivity index (χ1v) is 5.20. The first-order valence-electron chi connectivity index (χ1n) is 5.20. The van der Waals surface area contributed by atoms with Crippen LogP contribution >= 0.6 is 0 Å². The molecule has 1 amide bonds. The zero-order chi connectivity index (χ0) is 10.7. The molecule has 0 bridgehead atoms. The van der Waals surface area contributed by atoms with E-state index in [0.717, 1.165) is 25.1 Å². The van der Waals surface area contributed by atoms with Gasteiger partial charge in [0.1, 0.15) is 5.76 Å². The molecule has 0 unspecified atom stereocenters. The Bertz CT molecular complexity index is 344. The molecular formula is C10H15N3O2. The van der Waals surface area contributed by atoms with Crippen molar-refractivity contribution in [3.05, 3.63) is 17.5 Å². The van der Waals surface area contributed by atoms with Crippen molar-refractivity contribution in [3.8, 4) is 0 Å². The average molecular weight is 209 g/mol. The molecule has 1 saturated carbocycles. The summed E-state index contributed by atoms with van der Waals surface area (Å²) in [6.07, 6.45) is 2.30. The number of hydrogen-bond donors (Lipinski definition) is 2. The number of rotatable bonds is 5. The third-order valence-corrected chi connectivity index (χ3v) is 2.40. The Kier molecular flexibility index (Phi) is 3.01. The van der Waals surface area contributed by atoms with E-state index in [-0.39, 0.29) is 5.91 Å². The fourth-order valence-corrected chi connectivity index (χ4v) is 1.35. The summed E-state index contributed by atoms with van der Waals surface area (Å²) in [7, 11) is 1.84. The fraction of sp³-hybridized carbons (Fsp3) is 0.600. The number of carbonyl (C=O) groups is 1. The maximum atomic E-state index is 11.5. The average Bonchev–Trinajstić information content (AvgIpc) is 2.97. The smallest absolute Gasteiger partial charge is 0.273 e. The standard InChI is InChI=1S/C10H15N3O2/c1-11-4-5-12-10(14)8-6-9(15-13-8)7-2-3-7/h6-7,11H,2-5H2,1H3,(H,12,14). The molecule has 1 fully saturated rings. The molecule has 2 rings (SSSR count). The summed E-state index contributed by atoms with van der Waals surface area (Å²) >= 11 is 0. The second kappa shape index (κ2) is 4.44. The van der Waals surface area contributed by atoms with Gasteiger partial charge in [-0.15, -0.1) is 0 Å². The van der Waals surface area contributed by atoms with Crippen molar-refractivity contribution in [1.82, 2.24) is 15.8 Å². The van der Waals surface area contributed by atoms with Crippen LogP contribution in [0.5, 0.6) is 0 Å². The van der Waals surface area contributed by atoms with Crippen molar-refractivity contribution in [2.24, 2.45) is 0 Å². The van der Waals surface area contributed by atoms with Gasteiger partial charge in [-0.25, -0.2) is 0 Å². The maximum Gasteiger partial charge on any atom is 0.273 e. The minimum absolute atomic E-state index is 0.166. The van der Waals surface area contributed by atoms with E-state index in [0.29, 0.717) is 18.2 Å². The Morgan fingerprint density at radius 3 is 3.07 bits per heavy atom. The molecule has 1 aliphatic carbocycles. The second-order valence-electron chi connectivity index (χ2n) is 3.75. The van der Waals surface area contributed by atoms with Gasteiger partial charge in [0.25, 0.3) is 5.91 Å². The van der Waals surface area contributed by atoms with Crippen LogP contribution in [0.1, 0.15) is 35.0 Å². The number of aromatic nitrogens is 1. The summed E-state index contributed by atoms with van der Waals surface area (Å²) < 4.78 is 5.09. The minimum atomic E-state index is -0.166. The van der Waals surface area contributed by atoms with Crippen LogP contribution in [-0.4, -0.2) is 31.2 Å². The van der Waals surface area contributed by atoms with Gasteiger partial charge < -0.3 is 15.2 Å². The van der Waals surface area contributed by atoms with E-state index in [1.807, 2.05) is 7.05 Å². The molecule has 5 heteroatoms. The third-order valence-electron chi connectivity index (χ3n) is 2.40. The van der Waals surface area contributed by atoms with Crippen LogP contribution in [0.2, 0.25) is 0 Å². The lowest BCUT2D eigenvalue weighted by atomic mass is 10.3. The van der Waals surface area contributed by atoms with Crippen LogP contribution in [0.4, 0.5) is 0 Å². The van der Waals surface area contributed by atoms with Crippen LogP contribution in [0, 0.1) is 0 Å². The molecule has 2 N–H and O–H groups in total. The predicted molar refractivity (Wildman–Crippen MR) is 54.7 cm³/mol. The van der Waals surface area contributed by atoms with E-state index >= 15 is 0 Å². The minimum Gasteiger partial charge on any atom is -0.360 e. The molecule has 0 radical (unpaired) electrons. The van der Waals surface area contributed by atoms with Gasteiger partial charge >= 0.3 is 0 Å². The van der Waals surface area contributed by atoms with E-state index in [2.05, 4.69) is 15.8 Å². The summed E-state index contributed by atoms with van der Waals surface area (Å²) in [4.78, 5) is 11.5. The molecule has 1 aliphatic rings. The molecule has 82 valence electrons. The van der Waals surface area contributed by atoms with Gasteiger partial charge in [-0.3, -0.25) is 4.79 Å². The van der Waals surface area contributed by atoms with Crippen LogP contribution < -0.4 is 10.6 Å². The zero-order valence-electron chi connectivity index (χ0n) is 8.75. The SMILES string of the molecule is CNCCNC(=O)c1cc(C2CC2)on1. The van der Waals surface area contributed by atoms with Crippen LogP contribution in [0.25, 0.3) is 0 Å². The molecule has 1 aromatic heterocycles. The first-order chi connectivity index (χ1) is 7.31. The summed E-state index contributed by atoms with van der Waals surface area (Å²) in [5.41, 5.74) is 0.382. The number of nitrogens with zero attached hydrogens (tertiary/aromatic N) is 1. The van der Waals surface area contributed by atoms with Gasteiger partial charge in [0, 0.05) is 25.1 Å². The lowest BCUT2D eigenvalue weighted by Crippen LogP contribution is -2.30. The monoisotopic (exact) mass is 209 g/mol. The normalized spacial score (nSPS) is 15.3. The predicted octanol–water partition coefficient (Wildman–Crippen LogP) is 0.501. The van der Waals surface area contributed by atoms with Gasteiger partial charge in [0.15, 0.2) is 5.69 Å². The lowest BCUT2D eigenvalue weighted by molar-refractivity contribution is 0.0945. The fourth-order valence-electron chi connectivity index (χ4n) is 1.35. The Morgan fingerprint density at radius 1 is 1.60 bits per heavy atom. The molecular weight excluding hydrogens is 194 g/mol. The first kappa shape index (κ1) is 10.2. The highest BCUT2D eigenvalue weighted by Gasteiger charge is 2.28. The highest BCUT2D eigenvalue weighted by molar-refractivity contribution is 5.92. The summed E-state index contributed by atoms with van der Waals surface area (Å²) in [5, 5.41) is 9.45. The van der Waals surface area contributed by atoms with Crippen molar-refractivity contribution < 1.29 is 9.32 Å². The van der Waals surface area contributed by atoms with Gasteiger partial charge in [-0.1, -0.05) is 5.16 Å². The molecule has 1 aromatic rings. The van der Waals surface area contributed by atoms with Crippen LogP contribution in [0.3, 0.4) is 0 Å². The number of nitrogens with one attached hydrogen (secondary N) is 2. The molecule has 0 aliphatic heterocycles. The Morgan fingerprint density at radius 2 is 2.40 bits per heavy atom. The van der Waals surface area contributed by atoms with Crippen molar-refractivity contribution >= 4 is 5.91 Å². The Balaban J connectivity index is 1.87. The molecule has 5 nitrogen and oxygen atoms in total. The Hall–Kier alpha value is -1.36. The molecule has 0 saturated heterocycles. The van der Waals surface area contributed by atoms with E-state index in [1.54, 1.807) is 6.07 Å². The van der Waals surface area contributed by atoms with Gasteiger partial charge in [0.2, 0.25) is 0 Å². The van der Waals surface area contributed by atoms with E-state index in [1.165, 1.54) is 0 Å². The Labute approximate surface area is 88.2 Å². The van der Waals surface area contributed by atoms with E-state index < -0.39 is 0 Å². The zero-order valence-corrected chi connectivity index (χ0v) is 8.75. The van der Waals surface area contributed by atoms with Crippen molar-refractivity contribution in [2.75, 3.05) is 20.1 Å². The number of hydrogen-bond acceptors (Lipinski definition) is 4. The molecule has 0 spiro atoms. The molecule has 15 heavy (non-hydrogen) atoms. The molecule has 1 heterocycles. The topological polar surface area (TPSA) is 67.2 Å².